The Kier molecular flexibility index (Phi) is 11.2. The molecule has 0 spiro atoms. The summed E-state index contributed by atoms with van der Waals surface area (Å²) < 4.78 is 20.0. The molecule has 0 aromatic heterocycles. The van der Waals surface area contributed by atoms with Gasteiger partial charge in [0.1, 0.15) is 30.3 Å². The van der Waals surface area contributed by atoms with Gasteiger partial charge in [0.05, 0.1) is 6.04 Å². The number of rotatable bonds is 4. The van der Waals surface area contributed by atoms with Gasteiger partial charge in [-0.25, -0.2) is 4.39 Å². The van der Waals surface area contributed by atoms with Crippen molar-refractivity contribution in [2.75, 3.05) is 19.7 Å². The molecule has 0 bridgehead atoms. The molecule has 39 heavy (non-hydrogen) atoms. The van der Waals surface area contributed by atoms with Crippen molar-refractivity contribution in [1.82, 2.24) is 21.3 Å². The Hall–Kier alpha value is -3.50. The molecule has 0 aliphatic carbocycles. The minimum atomic E-state index is -0.939. The molecule has 2 aromatic rings. The Labute approximate surface area is 229 Å². The second kappa shape index (κ2) is 14.6. The van der Waals surface area contributed by atoms with Gasteiger partial charge >= 0.3 is 0 Å². The van der Waals surface area contributed by atoms with Crippen LogP contribution in [0.4, 0.5) is 4.39 Å². The lowest BCUT2D eigenvalue weighted by molar-refractivity contribution is -0.133. The molecular weight excluding hydrogens is 501 g/mol. The van der Waals surface area contributed by atoms with Crippen LogP contribution < -0.4 is 31.7 Å². The number of nitrogens with one attached hydrogen (secondary N) is 4. The number of carbonyl (C=O) groups is 3. The van der Waals surface area contributed by atoms with Gasteiger partial charge in [-0.3, -0.25) is 19.7 Å². The monoisotopic (exact) mass is 541 g/mol. The number of fused-ring (bicyclic) bond motifs is 1. The van der Waals surface area contributed by atoms with E-state index in [0.717, 1.165) is 11.3 Å². The normalized spacial score (nSPS) is 23.9. The Bertz CT molecular complexity index is 1130. The van der Waals surface area contributed by atoms with Gasteiger partial charge in [-0.15, -0.1) is 0 Å². The number of para-hydroxylation sites is 1. The molecule has 3 rings (SSSR count). The zero-order chi connectivity index (χ0) is 28.4. The third kappa shape index (κ3) is 9.04. The molecule has 10 heteroatoms. The predicted molar refractivity (Wildman–Crippen MR) is 148 cm³/mol. The van der Waals surface area contributed by atoms with E-state index in [2.05, 4.69) is 21.3 Å². The molecule has 6 N–H and O–H groups in total. The Balaban J connectivity index is 1.89. The number of halogens is 1. The van der Waals surface area contributed by atoms with Gasteiger partial charge in [0.2, 0.25) is 17.7 Å². The van der Waals surface area contributed by atoms with Crippen LogP contribution in [-0.4, -0.2) is 61.6 Å². The molecule has 1 heterocycles. The molecule has 9 nitrogen and oxygen atoms in total. The minimum Gasteiger partial charge on any atom is -0.492 e. The summed E-state index contributed by atoms with van der Waals surface area (Å²) in [6.45, 7) is 6.11. The van der Waals surface area contributed by atoms with Gasteiger partial charge in [0.15, 0.2) is 0 Å². The fourth-order valence-corrected chi connectivity index (χ4v) is 4.48. The Morgan fingerprint density at radius 1 is 1.00 bits per heavy atom. The molecule has 3 amide bonds. The highest BCUT2D eigenvalue weighted by molar-refractivity contribution is 5.93. The van der Waals surface area contributed by atoms with E-state index in [0.29, 0.717) is 24.9 Å². The molecule has 0 fully saturated rings. The molecule has 4 atom stereocenters. The van der Waals surface area contributed by atoms with Crippen LogP contribution >= 0.6 is 0 Å². The standard InChI is InChI=1S/C29H40FN5O4/c1-18(2)26-29(38)34-24(16-31)27(36)32-13-7-10-21-9-4-5-12-25(21)39-17-19(3)33-23(28(37)35-26)15-20-8-6-11-22(30)14-20/h4-6,8-9,11-12,14,18-19,23-24,26,33H,7,10,13,15-17,31H2,1-3H3,(H,32,36)(H,34,38)(H,35,37)/t19-,23+,24-,26+/m0/s1. The van der Waals surface area contributed by atoms with E-state index < -0.39 is 35.8 Å². The smallest absolute Gasteiger partial charge is 0.243 e. The zero-order valence-corrected chi connectivity index (χ0v) is 22.8. The van der Waals surface area contributed by atoms with Crippen LogP contribution in [0.15, 0.2) is 48.5 Å². The Morgan fingerprint density at radius 2 is 1.77 bits per heavy atom. The lowest BCUT2D eigenvalue weighted by Gasteiger charge is -2.28. The summed E-state index contributed by atoms with van der Waals surface area (Å²) in [5, 5.41) is 11.6. The third-order valence-corrected chi connectivity index (χ3v) is 6.63. The quantitative estimate of drug-likeness (QED) is 0.398. The van der Waals surface area contributed by atoms with Crippen LogP contribution in [0.5, 0.6) is 5.75 Å². The first-order valence-corrected chi connectivity index (χ1v) is 13.5. The van der Waals surface area contributed by atoms with Crippen molar-refractivity contribution in [3.63, 3.8) is 0 Å². The average Bonchev–Trinajstić information content (AvgIpc) is 2.90. The van der Waals surface area contributed by atoms with Gasteiger partial charge in [-0.05, 0) is 61.4 Å². The summed E-state index contributed by atoms with van der Waals surface area (Å²) in [5.74, 6) is -1.24. The van der Waals surface area contributed by atoms with E-state index in [-0.39, 0.29) is 37.4 Å². The first-order chi connectivity index (χ1) is 18.7. The summed E-state index contributed by atoms with van der Waals surface area (Å²) in [7, 11) is 0. The molecule has 0 unspecified atom stereocenters. The van der Waals surface area contributed by atoms with E-state index in [1.807, 2.05) is 31.2 Å². The maximum absolute atomic E-state index is 13.9. The zero-order valence-electron chi connectivity index (χ0n) is 22.8. The largest absolute Gasteiger partial charge is 0.492 e. The van der Waals surface area contributed by atoms with Crippen LogP contribution in [0.25, 0.3) is 0 Å². The lowest BCUT2D eigenvalue weighted by Crippen LogP contribution is -2.60. The van der Waals surface area contributed by atoms with Crippen LogP contribution in [0.2, 0.25) is 0 Å². The lowest BCUT2D eigenvalue weighted by atomic mass is 10.00. The van der Waals surface area contributed by atoms with Crippen LogP contribution in [0.3, 0.4) is 0 Å². The van der Waals surface area contributed by atoms with Crippen molar-refractivity contribution >= 4 is 17.7 Å². The van der Waals surface area contributed by atoms with E-state index in [4.69, 9.17) is 10.5 Å². The Morgan fingerprint density at radius 3 is 2.49 bits per heavy atom. The number of carbonyl (C=O) groups excluding carboxylic acids is 3. The van der Waals surface area contributed by atoms with Gasteiger partial charge in [0.25, 0.3) is 0 Å². The number of ether oxygens (including phenoxy) is 1. The number of hydrogen-bond donors (Lipinski definition) is 5. The molecule has 2 aromatic carbocycles. The van der Waals surface area contributed by atoms with Gasteiger partial charge in [-0.1, -0.05) is 44.2 Å². The molecular formula is C29H40FN5O4. The highest BCUT2D eigenvalue weighted by atomic mass is 19.1. The number of nitrogens with two attached hydrogens (primary N) is 1. The second-order valence-corrected chi connectivity index (χ2v) is 10.3. The number of amides is 3. The summed E-state index contributed by atoms with van der Waals surface area (Å²) >= 11 is 0. The van der Waals surface area contributed by atoms with Gasteiger partial charge < -0.3 is 26.4 Å². The number of aryl methyl sites for hydroxylation is 1. The highest BCUT2D eigenvalue weighted by Crippen LogP contribution is 2.20. The van der Waals surface area contributed by atoms with Crippen molar-refractivity contribution < 1.29 is 23.5 Å². The van der Waals surface area contributed by atoms with Crippen molar-refractivity contribution in [2.45, 2.75) is 64.2 Å². The van der Waals surface area contributed by atoms with Gasteiger partial charge in [0, 0.05) is 19.1 Å². The van der Waals surface area contributed by atoms with Crippen molar-refractivity contribution in [1.29, 1.82) is 0 Å². The highest BCUT2D eigenvalue weighted by Gasteiger charge is 2.31. The molecule has 212 valence electrons. The SMILES string of the molecule is CC(C)[C@H]1NC(=O)[C@@H](Cc2cccc(F)c2)N[C@@H](C)COc2ccccc2CCCNC(=O)[C@H](CN)NC1=O. The third-order valence-electron chi connectivity index (χ3n) is 6.63. The molecule has 0 saturated heterocycles. The average molecular weight is 542 g/mol. The number of hydrogen-bond acceptors (Lipinski definition) is 6. The molecule has 0 saturated carbocycles. The van der Waals surface area contributed by atoms with Crippen LogP contribution in [-0.2, 0) is 27.2 Å². The molecule has 1 aliphatic rings. The first kappa shape index (κ1) is 30.0. The van der Waals surface area contributed by atoms with E-state index in [1.54, 1.807) is 26.0 Å². The summed E-state index contributed by atoms with van der Waals surface area (Å²) in [5.41, 5.74) is 7.43. The van der Waals surface area contributed by atoms with Crippen molar-refractivity contribution in [2.24, 2.45) is 11.7 Å². The fraction of sp³-hybridized carbons (Fsp3) is 0.483. The number of benzene rings is 2. The summed E-state index contributed by atoms with van der Waals surface area (Å²) in [6.07, 6.45) is 1.55. The van der Waals surface area contributed by atoms with E-state index >= 15 is 0 Å². The second-order valence-electron chi connectivity index (χ2n) is 10.3. The van der Waals surface area contributed by atoms with Crippen molar-refractivity contribution in [3.8, 4) is 5.75 Å². The van der Waals surface area contributed by atoms with Crippen LogP contribution in [0.1, 0.15) is 38.3 Å². The molecule has 0 radical (unpaired) electrons. The van der Waals surface area contributed by atoms with Gasteiger partial charge in [-0.2, -0.15) is 0 Å². The van der Waals surface area contributed by atoms with Crippen molar-refractivity contribution in [3.05, 3.63) is 65.5 Å². The van der Waals surface area contributed by atoms with Crippen LogP contribution in [0, 0.1) is 11.7 Å². The maximum Gasteiger partial charge on any atom is 0.243 e. The maximum atomic E-state index is 13.9. The molecule has 1 aliphatic heterocycles. The first-order valence-electron chi connectivity index (χ1n) is 13.5. The summed E-state index contributed by atoms with van der Waals surface area (Å²) in [6, 6.07) is 10.9. The topological polar surface area (TPSA) is 135 Å². The van der Waals surface area contributed by atoms with E-state index in [9.17, 15) is 18.8 Å². The summed E-state index contributed by atoms with van der Waals surface area (Å²) in [4.78, 5) is 39.4. The predicted octanol–water partition coefficient (Wildman–Crippen LogP) is 1.44. The fourth-order valence-electron chi connectivity index (χ4n) is 4.48. The minimum absolute atomic E-state index is 0.0890. The van der Waals surface area contributed by atoms with E-state index in [1.165, 1.54) is 12.1 Å².